The van der Waals surface area contributed by atoms with E-state index < -0.39 is 0 Å². The molecule has 0 heterocycles. The molecule has 0 radical (unpaired) electrons. The highest BCUT2D eigenvalue weighted by Crippen LogP contribution is 2.19. The molecular weight excluding hydrogens is 280 g/mol. The van der Waals surface area contributed by atoms with Gasteiger partial charge in [-0.05, 0) is 38.5 Å². The van der Waals surface area contributed by atoms with E-state index in [1.807, 2.05) is 24.8 Å². The minimum absolute atomic E-state index is 0.0369. The lowest BCUT2D eigenvalue weighted by Gasteiger charge is -2.26. The first-order chi connectivity index (χ1) is 7.95. The van der Waals surface area contributed by atoms with Crippen LogP contribution in [0.15, 0.2) is 22.7 Å². The Morgan fingerprint density at radius 1 is 1.41 bits per heavy atom. The number of halogens is 1. The summed E-state index contributed by atoms with van der Waals surface area (Å²) in [5.74, 6) is 0.0369. The predicted molar refractivity (Wildman–Crippen MR) is 75.0 cm³/mol. The maximum atomic E-state index is 12.3. The maximum Gasteiger partial charge on any atom is 0.254 e. The predicted octanol–water partition coefficient (Wildman–Crippen LogP) is 3.29. The van der Waals surface area contributed by atoms with Gasteiger partial charge < -0.3 is 10.6 Å². The molecule has 0 saturated heterocycles. The van der Waals surface area contributed by atoms with Crippen LogP contribution >= 0.6 is 15.9 Å². The molecule has 17 heavy (non-hydrogen) atoms. The normalized spacial score (nSPS) is 10.6. The number of carbonyl (C=O) groups excluding carboxylic acids is 1. The molecule has 4 heteroatoms. The molecule has 0 fully saturated rings. The van der Waals surface area contributed by atoms with E-state index in [-0.39, 0.29) is 11.9 Å². The molecule has 0 atom stereocenters. The van der Waals surface area contributed by atoms with Gasteiger partial charge in [0.2, 0.25) is 0 Å². The van der Waals surface area contributed by atoms with Crippen LogP contribution in [-0.4, -0.2) is 23.4 Å². The number of rotatable bonds is 4. The largest absolute Gasteiger partial charge is 0.399 e. The van der Waals surface area contributed by atoms with Gasteiger partial charge in [0.05, 0.1) is 0 Å². The van der Waals surface area contributed by atoms with Crippen LogP contribution in [0.5, 0.6) is 0 Å². The van der Waals surface area contributed by atoms with Crippen molar-refractivity contribution in [2.75, 3.05) is 12.3 Å². The van der Waals surface area contributed by atoms with Crippen molar-refractivity contribution < 1.29 is 4.79 Å². The average molecular weight is 299 g/mol. The van der Waals surface area contributed by atoms with Crippen LogP contribution in [-0.2, 0) is 0 Å². The van der Waals surface area contributed by atoms with E-state index in [0.29, 0.717) is 11.3 Å². The first-order valence-electron chi connectivity index (χ1n) is 5.82. The van der Waals surface area contributed by atoms with Gasteiger partial charge >= 0.3 is 0 Å². The Hall–Kier alpha value is -1.03. The maximum absolute atomic E-state index is 12.3. The SMILES string of the molecule is CCCN(C(=O)c1cc(N)cc(Br)c1)C(C)C. The van der Waals surface area contributed by atoms with Crippen molar-refractivity contribution in [3.8, 4) is 0 Å². The standard InChI is InChI=1S/C13H19BrN2O/c1-4-5-16(9(2)3)13(17)10-6-11(14)8-12(15)7-10/h6-9H,4-5,15H2,1-3H3. The molecule has 2 N–H and O–H groups in total. The van der Waals surface area contributed by atoms with Crippen LogP contribution < -0.4 is 5.73 Å². The third kappa shape index (κ3) is 3.73. The van der Waals surface area contributed by atoms with Crippen molar-refractivity contribution in [1.82, 2.24) is 4.90 Å². The van der Waals surface area contributed by atoms with Crippen LogP contribution in [0.4, 0.5) is 5.69 Å². The van der Waals surface area contributed by atoms with Gasteiger partial charge in [-0.1, -0.05) is 22.9 Å². The molecule has 94 valence electrons. The van der Waals surface area contributed by atoms with Gasteiger partial charge in [0.15, 0.2) is 0 Å². The number of carbonyl (C=O) groups is 1. The second-order valence-electron chi connectivity index (χ2n) is 4.37. The van der Waals surface area contributed by atoms with E-state index in [1.54, 1.807) is 12.1 Å². The molecule has 1 rings (SSSR count). The summed E-state index contributed by atoms with van der Waals surface area (Å²) in [5, 5.41) is 0. The Morgan fingerprint density at radius 3 is 2.53 bits per heavy atom. The lowest BCUT2D eigenvalue weighted by Crippen LogP contribution is -2.37. The lowest BCUT2D eigenvalue weighted by atomic mass is 10.1. The molecule has 1 aromatic carbocycles. The molecule has 0 aliphatic rings. The minimum Gasteiger partial charge on any atom is -0.399 e. The molecule has 3 nitrogen and oxygen atoms in total. The number of hydrogen-bond donors (Lipinski definition) is 1. The number of hydrogen-bond acceptors (Lipinski definition) is 2. The summed E-state index contributed by atoms with van der Waals surface area (Å²) in [5.41, 5.74) is 6.98. The zero-order valence-electron chi connectivity index (χ0n) is 10.5. The highest BCUT2D eigenvalue weighted by molar-refractivity contribution is 9.10. The fourth-order valence-corrected chi connectivity index (χ4v) is 2.25. The molecule has 0 bridgehead atoms. The topological polar surface area (TPSA) is 46.3 Å². The highest BCUT2D eigenvalue weighted by Gasteiger charge is 2.18. The van der Waals surface area contributed by atoms with E-state index in [2.05, 4.69) is 22.9 Å². The summed E-state index contributed by atoms with van der Waals surface area (Å²) < 4.78 is 0.834. The minimum atomic E-state index is 0.0369. The van der Waals surface area contributed by atoms with Gasteiger partial charge in [0, 0.05) is 28.3 Å². The van der Waals surface area contributed by atoms with Gasteiger partial charge in [-0.25, -0.2) is 0 Å². The molecule has 0 aromatic heterocycles. The van der Waals surface area contributed by atoms with E-state index >= 15 is 0 Å². The number of nitrogens with two attached hydrogens (primary N) is 1. The van der Waals surface area contributed by atoms with Gasteiger partial charge in [-0.15, -0.1) is 0 Å². The summed E-state index contributed by atoms with van der Waals surface area (Å²) in [6.07, 6.45) is 0.952. The average Bonchev–Trinajstić information content (AvgIpc) is 2.23. The Kier molecular flexibility index (Phi) is 5.00. The Balaban J connectivity index is 3.00. The van der Waals surface area contributed by atoms with Crippen molar-refractivity contribution >= 4 is 27.5 Å². The van der Waals surface area contributed by atoms with Crippen molar-refractivity contribution in [3.05, 3.63) is 28.2 Å². The molecule has 0 unspecified atom stereocenters. The zero-order valence-corrected chi connectivity index (χ0v) is 12.1. The quantitative estimate of drug-likeness (QED) is 0.867. The van der Waals surface area contributed by atoms with Gasteiger partial charge in [0.1, 0.15) is 0 Å². The fraction of sp³-hybridized carbons (Fsp3) is 0.462. The van der Waals surface area contributed by atoms with Crippen molar-refractivity contribution in [2.24, 2.45) is 0 Å². The fourth-order valence-electron chi connectivity index (χ4n) is 1.74. The zero-order chi connectivity index (χ0) is 13.0. The van der Waals surface area contributed by atoms with Gasteiger partial charge in [-0.3, -0.25) is 4.79 Å². The van der Waals surface area contributed by atoms with E-state index in [9.17, 15) is 4.79 Å². The van der Waals surface area contributed by atoms with Crippen LogP contribution in [0, 0.1) is 0 Å². The second-order valence-corrected chi connectivity index (χ2v) is 5.28. The van der Waals surface area contributed by atoms with Crippen LogP contribution in [0.1, 0.15) is 37.6 Å². The van der Waals surface area contributed by atoms with Gasteiger partial charge in [0.25, 0.3) is 5.91 Å². The summed E-state index contributed by atoms with van der Waals surface area (Å²) in [7, 11) is 0. The summed E-state index contributed by atoms with van der Waals surface area (Å²) in [6.45, 7) is 6.88. The molecule has 0 spiro atoms. The van der Waals surface area contributed by atoms with Crippen LogP contribution in [0.25, 0.3) is 0 Å². The number of nitrogen functional groups attached to an aromatic ring is 1. The molecule has 0 aliphatic heterocycles. The van der Waals surface area contributed by atoms with Crippen molar-refractivity contribution in [3.63, 3.8) is 0 Å². The van der Waals surface area contributed by atoms with E-state index in [4.69, 9.17) is 5.73 Å². The molecule has 1 amide bonds. The summed E-state index contributed by atoms with van der Waals surface area (Å²) in [6, 6.07) is 5.51. The van der Waals surface area contributed by atoms with Crippen molar-refractivity contribution in [1.29, 1.82) is 0 Å². The molecule has 1 aromatic rings. The lowest BCUT2D eigenvalue weighted by molar-refractivity contribution is 0.0706. The summed E-state index contributed by atoms with van der Waals surface area (Å²) >= 11 is 3.36. The highest BCUT2D eigenvalue weighted by atomic mass is 79.9. The number of amides is 1. The van der Waals surface area contributed by atoms with E-state index in [1.165, 1.54) is 0 Å². The summed E-state index contributed by atoms with van der Waals surface area (Å²) in [4.78, 5) is 14.2. The number of anilines is 1. The van der Waals surface area contributed by atoms with Crippen LogP contribution in [0.3, 0.4) is 0 Å². The van der Waals surface area contributed by atoms with Crippen LogP contribution in [0.2, 0.25) is 0 Å². The third-order valence-corrected chi connectivity index (χ3v) is 2.97. The smallest absolute Gasteiger partial charge is 0.254 e. The van der Waals surface area contributed by atoms with Crippen molar-refractivity contribution in [2.45, 2.75) is 33.2 Å². The number of benzene rings is 1. The molecular formula is C13H19BrN2O. The number of nitrogens with zero attached hydrogens (tertiary/aromatic N) is 1. The molecule has 0 aliphatic carbocycles. The first kappa shape index (κ1) is 14.0. The monoisotopic (exact) mass is 298 g/mol. The first-order valence-corrected chi connectivity index (χ1v) is 6.62. The third-order valence-electron chi connectivity index (χ3n) is 2.52. The van der Waals surface area contributed by atoms with E-state index in [0.717, 1.165) is 17.4 Å². The Labute approximate surface area is 111 Å². The Bertz CT molecular complexity index is 384. The molecule has 0 saturated carbocycles. The Morgan fingerprint density at radius 2 is 2.06 bits per heavy atom. The second kappa shape index (κ2) is 6.05. The van der Waals surface area contributed by atoms with Gasteiger partial charge in [-0.2, -0.15) is 0 Å².